The maximum Gasteiger partial charge on any atom is 0.273 e. The maximum atomic E-state index is 12.2. The van der Waals surface area contributed by atoms with E-state index in [-0.39, 0.29) is 5.91 Å². The Morgan fingerprint density at radius 1 is 1.16 bits per heavy atom. The second kappa shape index (κ2) is 10.3. The van der Waals surface area contributed by atoms with Gasteiger partial charge < -0.3 is 9.47 Å². The molecule has 2 aromatic rings. The molecule has 0 spiro atoms. The molecule has 0 radical (unpaired) electrons. The van der Waals surface area contributed by atoms with E-state index >= 15 is 0 Å². The monoisotopic (exact) mass is 340 g/mol. The van der Waals surface area contributed by atoms with Gasteiger partial charge in [0.05, 0.1) is 12.8 Å². The number of nitrogens with one attached hydrogen (secondary N) is 1. The Morgan fingerprint density at radius 2 is 1.88 bits per heavy atom. The molecule has 2 aromatic carbocycles. The van der Waals surface area contributed by atoms with Crippen LogP contribution in [0.4, 0.5) is 0 Å². The molecule has 0 unspecified atom stereocenters. The second-order valence-electron chi connectivity index (χ2n) is 5.53. The van der Waals surface area contributed by atoms with Gasteiger partial charge >= 0.3 is 0 Å². The molecule has 0 saturated carbocycles. The summed E-state index contributed by atoms with van der Waals surface area (Å²) in [6, 6.07) is 16.9. The van der Waals surface area contributed by atoms with Crippen molar-refractivity contribution in [2.24, 2.45) is 5.10 Å². The number of amides is 1. The number of hydrazone groups is 1. The molecule has 0 heterocycles. The predicted octanol–water partition coefficient (Wildman–Crippen LogP) is 3.70. The van der Waals surface area contributed by atoms with Gasteiger partial charge in [0.1, 0.15) is 5.75 Å². The predicted molar refractivity (Wildman–Crippen MR) is 98.8 cm³/mol. The molecular formula is C20H24N2O3. The Labute approximate surface area is 148 Å². The number of rotatable bonds is 9. The van der Waals surface area contributed by atoms with Gasteiger partial charge in [-0.05, 0) is 41.8 Å². The van der Waals surface area contributed by atoms with E-state index in [9.17, 15) is 4.79 Å². The van der Waals surface area contributed by atoms with Gasteiger partial charge in [0.15, 0.2) is 6.10 Å². The zero-order chi connectivity index (χ0) is 17.9. The van der Waals surface area contributed by atoms with Crippen molar-refractivity contribution < 1.29 is 14.3 Å². The van der Waals surface area contributed by atoms with Crippen LogP contribution in [-0.4, -0.2) is 25.8 Å². The van der Waals surface area contributed by atoms with E-state index in [2.05, 4.69) is 17.5 Å². The lowest BCUT2D eigenvalue weighted by Crippen LogP contribution is -2.26. The highest BCUT2D eigenvalue weighted by molar-refractivity contribution is 5.85. The number of benzene rings is 2. The molecule has 0 bridgehead atoms. The molecule has 25 heavy (non-hydrogen) atoms. The lowest BCUT2D eigenvalue weighted by atomic mass is 10.1. The minimum atomic E-state index is -0.687. The normalized spacial score (nSPS) is 12.1. The first-order valence-electron chi connectivity index (χ1n) is 8.38. The van der Waals surface area contributed by atoms with Crippen LogP contribution < -0.4 is 10.2 Å². The fourth-order valence-corrected chi connectivity index (χ4v) is 2.24. The topological polar surface area (TPSA) is 59.9 Å². The summed E-state index contributed by atoms with van der Waals surface area (Å²) in [5.41, 5.74) is 4.17. The van der Waals surface area contributed by atoms with Gasteiger partial charge in [-0.1, -0.05) is 43.7 Å². The van der Waals surface area contributed by atoms with E-state index in [1.54, 1.807) is 6.21 Å². The van der Waals surface area contributed by atoms with Crippen molar-refractivity contribution in [3.63, 3.8) is 0 Å². The molecule has 0 aliphatic heterocycles. The first-order chi connectivity index (χ1) is 12.2. The third-order valence-electron chi connectivity index (χ3n) is 3.61. The SMILES string of the molecule is CCCCOc1ccc(/C=N/NC(=O)[C@H](OC)c2ccccc2)cc1. The summed E-state index contributed by atoms with van der Waals surface area (Å²) in [5, 5.41) is 4.00. The van der Waals surface area contributed by atoms with Gasteiger partial charge in [-0.2, -0.15) is 5.10 Å². The molecule has 0 aliphatic carbocycles. The largest absolute Gasteiger partial charge is 0.494 e. The molecule has 0 saturated heterocycles. The average Bonchev–Trinajstić information content (AvgIpc) is 2.65. The molecular weight excluding hydrogens is 316 g/mol. The summed E-state index contributed by atoms with van der Waals surface area (Å²) >= 11 is 0. The summed E-state index contributed by atoms with van der Waals surface area (Å²) in [4.78, 5) is 12.2. The Hall–Kier alpha value is -2.66. The molecule has 1 atom stereocenters. The highest BCUT2D eigenvalue weighted by atomic mass is 16.5. The number of methoxy groups -OCH3 is 1. The van der Waals surface area contributed by atoms with Crippen LogP contribution in [0.3, 0.4) is 0 Å². The molecule has 0 aliphatic rings. The third-order valence-corrected chi connectivity index (χ3v) is 3.61. The minimum absolute atomic E-state index is 0.315. The fraction of sp³-hybridized carbons (Fsp3) is 0.300. The summed E-state index contributed by atoms with van der Waals surface area (Å²) < 4.78 is 10.9. The molecule has 2 rings (SSSR count). The van der Waals surface area contributed by atoms with Crippen molar-refractivity contribution in [1.29, 1.82) is 0 Å². The van der Waals surface area contributed by atoms with Crippen molar-refractivity contribution in [3.05, 3.63) is 65.7 Å². The minimum Gasteiger partial charge on any atom is -0.494 e. The highest BCUT2D eigenvalue weighted by Gasteiger charge is 2.18. The number of hydrogen-bond donors (Lipinski definition) is 1. The molecule has 0 aromatic heterocycles. The summed E-state index contributed by atoms with van der Waals surface area (Å²) in [6.07, 6.45) is 3.05. The van der Waals surface area contributed by atoms with Crippen LogP contribution in [0.25, 0.3) is 0 Å². The number of nitrogens with zero attached hydrogens (tertiary/aromatic N) is 1. The first-order valence-corrected chi connectivity index (χ1v) is 8.38. The number of unbranched alkanes of at least 4 members (excludes halogenated alkanes) is 1. The van der Waals surface area contributed by atoms with E-state index in [0.717, 1.165) is 36.3 Å². The number of hydrogen-bond acceptors (Lipinski definition) is 4. The van der Waals surface area contributed by atoms with Crippen LogP contribution in [0.5, 0.6) is 5.75 Å². The quantitative estimate of drug-likeness (QED) is 0.430. The van der Waals surface area contributed by atoms with Gasteiger partial charge in [-0.3, -0.25) is 4.79 Å². The molecule has 5 nitrogen and oxygen atoms in total. The number of carbonyl (C=O) groups is 1. The van der Waals surface area contributed by atoms with Gasteiger partial charge in [-0.15, -0.1) is 0 Å². The number of carbonyl (C=O) groups excluding carboxylic acids is 1. The van der Waals surface area contributed by atoms with Crippen molar-refractivity contribution in [3.8, 4) is 5.75 Å². The van der Waals surface area contributed by atoms with Gasteiger partial charge in [0, 0.05) is 7.11 Å². The van der Waals surface area contributed by atoms with Crippen LogP contribution in [0.1, 0.15) is 37.0 Å². The summed E-state index contributed by atoms with van der Waals surface area (Å²) in [7, 11) is 1.50. The van der Waals surface area contributed by atoms with Gasteiger partial charge in [0.25, 0.3) is 5.91 Å². The standard InChI is InChI=1S/C20H24N2O3/c1-3-4-14-25-18-12-10-16(11-13-18)15-21-22-20(23)19(24-2)17-8-6-5-7-9-17/h5-13,15,19H,3-4,14H2,1-2H3,(H,22,23)/b21-15+/t19-/m1/s1. The Balaban J connectivity index is 1.88. The molecule has 0 fully saturated rings. The van der Waals surface area contributed by atoms with E-state index < -0.39 is 6.10 Å². The smallest absolute Gasteiger partial charge is 0.273 e. The van der Waals surface area contributed by atoms with E-state index in [4.69, 9.17) is 9.47 Å². The highest BCUT2D eigenvalue weighted by Crippen LogP contribution is 2.16. The lowest BCUT2D eigenvalue weighted by molar-refractivity contribution is -0.131. The molecule has 1 N–H and O–H groups in total. The summed E-state index contributed by atoms with van der Waals surface area (Å²) in [5.74, 6) is 0.516. The van der Waals surface area contributed by atoms with Crippen LogP contribution in [0.15, 0.2) is 59.7 Å². The van der Waals surface area contributed by atoms with Gasteiger partial charge in [-0.25, -0.2) is 5.43 Å². The summed E-state index contributed by atoms with van der Waals surface area (Å²) in [6.45, 7) is 2.85. The Bertz CT molecular complexity index is 669. The van der Waals surface area contributed by atoms with Crippen LogP contribution in [0.2, 0.25) is 0 Å². The van der Waals surface area contributed by atoms with Gasteiger partial charge in [0.2, 0.25) is 0 Å². The van der Waals surface area contributed by atoms with Crippen LogP contribution >= 0.6 is 0 Å². The average molecular weight is 340 g/mol. The van der Waals surface area contributed by atoms with E-state index in [0.29, 0.717) is 0 Å². The van der Waals surface area contributed by atoms with Crippen molar-refractivity contribution in [2.75, 3.05) is 13.7 Å². The third kappa shape index (κ3) is 6.04. The Kier molecular flexibility index (Phi) is 7.66. The molecule has 5 heteroatoms. The van der Waals surface area contributed by atoms with E-state index in [1.807, 2.05) is 54.6 Å². The molecule has 132 valence electrons. The first kappa shape index (κ1) is 18.7. The zero-order valence-corrected chi connectivity index (χ0v) is 14.6. The van der Waals surface area contributed by atoms with Crippen LogP contribution in [-0.2, 0) is 9.53 Å². The molecule has 1 amide bonds. The van der Waals surface area contributed by atoms with Crippen molar-refractivity contribution in [1.82, 2.24) is 5.43 Å². The lowest BCUT2D eigenvalue weighted by Gasteiger charge is -2.13. The van der Waals surface area contributed by atoms with E-state index in [1.165, 1.54) is 7.11 Å². The zero-order valence-electron chi connectivity index (χ0n) is 14.6. The van der Waals surface area contributed by atoms with Crippen LogP contribution in [0, 0.1) is 0 Å². The van der Waals surface area contributed by atoms with Crippen molar-refractivity contribution in [2.45, 2.75) is 25.9 Å². The Morgan fingerprint density at radius 3 is 2.52 bits per heavy atom. The van der Waals surface area contributed by atoms with Crippen molar-refractivity contribution >= 4 is 12.1 Å². The fourth-order valence-electron chi connectivity index (χ4n) is 2.24. The second-order valence-corrected chi connectivity index (χ2v) is 5.53. The maximum absolute atomic E-state index is 12.2. The number of ether oxygens (including phenoxy) is 2.